The van der Waals surface area contributed by atoms with Gasteiger partial charge in [-0.25, -0.2) is 4.98 Å². The number of nitrogens with one attached hydrogen (secondary N) is 1. The molecule has 8 nitrogen and oxygen atoms in total. The Morgan fingerprint density at radius 2 is 2.00 bits per heavy atom. The summed E-state index contributed by atoms with van der Waals surface area (Å²) in [7, 11) is 0. The second-order valence-electron chi connectivity index (χ2n) is 7.27. The number of carbonyl (C=O) groups excluding carboxylic acids is 1. The fourth-order valence-corrected chi connectivity index (χ4v) is 5.12. The van der Waals surface area contributed by atoms with Crippen molar-refractivity contribution < 1.29 is 4.79 Å². The Morgan fingerprint density at radius 1 is 1.18 bits per heavy atom. The highest BCUT2D eigenvalue weighted by molar-refractivity contribution is 9.10. The number of para-hydroxylation sites is 1. The van der Waals surface area contributed by atoms with Gasteiger partial charge >= 0.3 is 0 Å². The van der Waals surface area contributed by atoms with E-state index in [1.165, 1.54) is 23.5 Å². The number of carbonyl (C=O) groups is 1. The van der Waals surface area contributed by atoms with Crippen LogP contribution in [-0.4, -0.2) is 48.0 Å². The van der Waals surface area contributed by atoms with Crippen LogP contribution in [0.3, 0.4) is 0 Å². The first-order valence-electron chi connectivity index (χ1n) is 10.3. The number of hydrogen-bond donors (Lipinski definition) is 1. The van der Waals surface area contributed by atoms with Crippen LogP contribution in [0.2, 0.25) is 0 Å². The van der Waals surface area contributed by atoms with Gasteiger partial charge in [0, 0.05) is 22.2 Å². The number of fused-ring (bicyclic) bond motifs is 3. The van der Waals surface area contributed by atoms with Crippen molar-refractivity contribution in [3.63, 3.8) is 0 Å². The minimum Gasteiger partial charge on any atom is -0.320 e. The van der Waals surface area contributed by atoms with Crippen LogP contribution in [0.4, 0.5) is 0 Å². The predicted molar refractivity (Wildman–Crippen MR) is 142 cm³/mol. The van der Waals surface area contributed by atoms with Crippen molar-refractivity contribution in [3.05, 3.63) is 71.2 Å². The molecule has 1 aliphatic rings. The molecule has 0 saturated carbocycles. The molecule has 1 N–H and O–H groups in total. The molecule has 0 spiro atoms. The lowest BCUT2D eigenvalue weighted by atomic mass is 10.1. The van der Waals surface area contributed by atoms with E-state index in [1.54, 1.807) is 0 Å². The number of aromatic nitrogens is 4. The molecule has 5 rings (SSSR count). The maximum Gasteiger partial charge on any atom is 0.236 e. The molecule has 11 heteroatoms. The van der Waals surface area contributed by atoms with Gasteiger partial charge in [-0.15, -0.1) is 21.9 Å². The number of allylic oxidation sites excluding steroid dienone is 1. The van der Waals surface area contributed by atoms with Crippen molar-refractivity contribution in [3.8, 4) is 0 Å². The monoisotopic (exact) mass is 551 g/mol. The lowest BCUT2D eigenvalue weighted by Gasteiger charge is -2.12. The van der Waals surface area contributed by atoms with Gasteiger partial charge in [-0.3, -0.25) is 4.79 Å². The second kappa shape index (κ2) is 10.1. The highest BCUT2D eigenvalue weighted by Crippen LogP contribution is 2.27. The molecule has 34 heavy (non-hydrogen) atoms. The Morgan fingerprint density at radius 3 is 2.76 bits per heavy atom. The van der Waals surface area contributed by atoms with E-state index in [-0.39, 0.29) is 11.7 Å². The van der Waals surface area contributed by atoms with Crippen LogP contribution in [0, 0.1) is 0 Å². The average molecular weight is 552 g/mol. The number of amides is 1. The number of hydrogen-bond acceptors (Lipinski definition) is 8. The van der Waals surface area contributed by atoms with Crippen molar-refractivity contribution in [2.45, 2.75) is 11.7 Å². The van der Waals surface area contributed by atoms with Crippen LogP contribution < -0.4 is 5.32 Å². The maximum atomic E-state index is 12.5. The van der Waals surface area contributed by atoms with E-state index in [0.717, 1.165) is 37.8 Å². The molecule has 2 aromatic carbocycles. The third-order valence-electron chi connectivity index (χ3n) is 5.03. The topological polar surface area (TPSA) is 97.4 Å². The van der Waals surface area contributed by atoms with Gasteiger partial charge in [0.25, 0.3) is 0 Å². The lowest BCUT2D eigenvalue weighted by Crippen LogP contribution is -2.31. The van der Waals surface area contributed by atoms with E-state index in [4.69, 9.17) is 0 Å². The minimum atomic E-state index is -0.200. The van der Waals surface area contributed by atoms with Gasteiger partial charge in [0.15, 0.2) is 10.8 Å². The van der Waals surface area contributed by atoms with Crippen LogP contribution in [0.15, 0.2) is 81.0 Å². The van der Waals surface area contributed by atoms with Crippen LogP contribution in [-0.2, 0) is 11.3 Å². The summed E-state index contributed by atoms with van der Waals surface area (Å²) in [5.74, 6) is 0.567. The Kier molecular flexibility index (Phi) is 6.75. The SMILES string of the molecule is C=CCn1c2ccccc2c2nnc(SCC(=O)NC3=NN=C(c4ccc(Br)cc4)CS3)nc21. The summed E-state index contributed by atoms with van der Waals surface area (Å²) in [5.41, 5.74) is 4.36. The second-order valence-corrected chi connectivity index (χ2v) is 10.1. The van der Waals surface area contributed by atoms with Crippen LogP contribution in [0.1, 0.15) is 5.56 Å². The quantitative estimate of drug-likeness (QED) is 0.277. The molecule has 1 amide bonds. The Labute approximate surface area is 212 Å². The molecule has 3 heterocycles. The smallest absolute Gasteiger partial charge is 0.236 e. The number of benzene rings is 2. The Balaban J connectivity index is 1.26. The van der Waals surface area contributed by atoms with E-state index in [0.29, 0.717) is 22.6 Å². The minimum absolute atomic E-state index is 0.137. The van der Waals surface area contributed by atoms with Gasteiger partial charge in [-0.05, 0) is 23.8 Å². The number of rotatable bonds is 6. The molecule has 0 unspecified atom stereocenters. The molecule has 0 radical (unpaired) electrons. The van der Waals surface area contributed by atoms with Crippen LogP contribution in [0.5, 0.6) is 0 Å². The summed E-state index contributed by atoms with van der Waals surface area (Å²) in [5, 5.41) is 21.7. The van der Waals surface area contributed by atoms with Crippen molar-refractivity contribution in [1.29, 1.82) is 0 Å². The molecular formula is C23H18BrN7OS2. The molecule has 0 fully saturated rings. The molecule has 0 aliphatic carbocycles. The van der Waals surface area contributed by atoms with E-state index < -0.39 is 0 Å². The van der Waals surface area contributed by atoms with Gasteiger partial charge in [0.2, 0.25) is 11.1 Å². The van der Waals surface area contributed by atoms with Crippen LogP contribution in [0.25, 0.3) is 22.1 Å². The van der Waals surface area contributed by atoms with Gasteiger partial charge < -0.3 is 9.88 Å². The third kappa shape index (κ3) is 4.77. The predicted octanol–water partition coefficient (Wildman–Crippen LogP) is 4.64. The number of halogens is 1. The Hall–Kier alpha value is -3.02. The normalized spacial score (nSPS) is 13.6. The summed E-state index contributed by atoms with van der Waals surface area (Å²) in [6, 6.07) is 15.9. The van der Waals surface area contributed by atoms with Crippen molar-refractivity contribution in [2.24, 2.45) is 10.2 Å². The zero-order valence-corrected chi connectivity index (χ0v) is 21.0. The average Bonchev–Trinajstić information content (AvgIpc) is 3.17. The highest BCUT2D eigenvalue weighted by atomic mass is 79.9. The molecule has 170 valence electrons. The summed E-state index contributed by atoms with van der Waals surface area (Å²) in [4.78, 5) is 17.1. The Bertz CT molecular complexity index is 1460. The van der Waals surface area contributed by atoms with E-state index >= 15 is 0 Å². The van der Waals surface area contributed by atoms with Crippen molar-refractivity contribution in [1.82, 2.24) is 25.1 Å². The van der Waals surface area contributed by atoms with Crippen molar-refractivity contribution in [2.75, 3.05) is 11.5 Å². The van der Waals surface area contributed by atoms with Gasteiger partial charge in [-0.2, -0.15) is 5.10 Å². The molecule has 0 bridgehead atoms. The van der Waals surface area contributed by atoms with E-state index in [2.05, 4.69) is 53.2 Å². The largest absolute Gasteiger partial charge is 0.320 e. The highest BCUT2D eigenvalue weighted by Gasteiger charge is 2.17. The maximum absolute atomic E-state index is 12.5. The molecular weight excluding hydrogens is 534 g/mol. The van der Waals surface area contributed by atoms with Gasteiger partial charge in [-0.1, -0.05) is 75.9 Å². The molecule has 4 aromatic rings. The van der Waals surface area contributed by atoms with Crippen molar-refractivity contribution >= 4 is 78.3 Å². The standard InChI is InChI=1S/C23H18BrN7OS2/c1-2-11-31-18-6-4-3-5-16(18)20-21(31)26-23(30-28-20)34-13-19(32)25-22-29-27-17(12-33-22)14-7-9-15(24)10-8-14/h2-10H,1,11-13H2,(H,25,29,32). The molecule has 2 aromatic heterocycles. The number of nitrogens with zero attached hydrogens (tertiary/aromatic N) is 6. The first kappa shape index (κ1) is 22.8. The molecule has 0 saturated heterocycles. The fraction of sp³-hybridized carbons (Fsp3) is 0.130. The first-order chi connectivity index (χ1) is 16.6. The summed E-state index contributed by atoms with van der Waals surface area (Å²) in [6.45, 7) is 4.45. The zero-order chi connectivity index (χ0) is 23.5. The van der Waals surface area contributed by atoms with E-state index in [1.807, 2.05) is 59.2 Å². The third-order valence-corrected chi connectivity index (χ3v) is 7.27. The van der Waals surface area contributed by atoms with E-state index in [9.17, 15) is 4.79 Å². The number of thioether (sulfide) groups is 2. The lowest BCUT2D eigenvalue weighted by molar-refractivity contribution is -0.117. The van der Waals surface area contributed by atoms with Crippen LogP contribution >= 0.6 is 39.5 Å². The van der Waals surface area contributed by atoms with Gasteiger partial charge in [0.05, 0.1) is 17.0 Å². The van der Waals surface area contributed by atoms with Gasteiger partial charge in [0.1, 0.15) is 5.52 Å². The summed E-state index contributed by atoms with van der Waals surface area (Å²) < 4.78 is 3.06. The zero-order valence-electron chi connectivity index (χ0n) is 17.8. The summed E-state index contributed by atoms with van der Waals surface area (Å²) in [6.07, 6.45) is 1.82. The molecule has 0 atom stereocenters. The summed E-state index contributed by atoms with van der Waals surface area (Å²) >= 11 is 6.10. The molecule has 1 aliphatic heterocycles. The fourth-order valence-electron chi connectivity index (χ4n) is 3.49. The first-order valence-corrected chi connectivity index (χ1v) is 13.1. The number of amidine groups is 1.